The van der Waals surface area contributed by atoms with E-state index in [1.165, 1.54) is 0 Å². The van der Waals surface area contributed by atoms with Gasteiger partial charge in [0.25, 0.3) is 0 Å². The Morgan fingerprint density at radius 2 is 1.57 bits per heavy atom. The molecule has 5 nitrogen and oxygen atoms in total. The molecule has 1 saturated heterocycles. The number of rotatable bonds is 7. The van der Waals surface area contributed by atoms with Gasteiger partial charge in [-0.2, -0.15) is 0 Å². The van der Waals surface area contributed by atoms with E-state index in [1.54, 1.807) is 12.2 Å². The predicted molar refractivity (Wildman–Crippen MR) is 123 cm³/mol. The summed E-state index contributed by atoms with van der Waals surface area (Å²) >= 11 is 0. The predicted octanol–water partition coefficient (Wildman–Crippen LogP) is 4.42. The van der Waals surface area contributed by atoms with Gasteiger partial charge < -0.3 is 15.1 Å². The molecule has 2 amide bonds. The van der Waals surface area contributed by atoms with E-state index in [0.29, 0.717) is 5.91 Å². The van der Waals surface area contributed by atoms with Gasteiger partial charge in [-0.05, 0) is 48.7 Å². The van der Waals surface area contributed by atoms with Crippen molar-refractivity contribution in [3.63, 3.8) is 0 Å². The highest BCUT2D eigenvalue weighted by atomic mass is 16.2. The third kappa shape index (κ3) is 5.72. The Hall–Kier alpha value is -3.08. The molecular formula is C25H31N3O2. The van der Waals surface area contributed by atoms with Crippen molar-refractivity contribution >= 4 is 29.3 Å². The van der Waals surface area contributed by atoms with Crippen molar-refractivity contribution in [3.8, 4) is 0 Å². The number of carbonyl (C=O) groups is 2. The fourth-order valence-corrected chi connectivity index (χ4v) is 3.76. The highest BCUT2D eigenvalue weighted by molar-refractivity contribution is 6.02. The minimum absolute atomic E-state index is 0.149. The third-order valence-electron chi connectivity index (χ3n) is 5.65. The molecule has 0 atom stereocenters. The summed E-state index contributed by atoms with van der Waals surface area (Å²) in [7, 11) is 0. The standard InChI is InChI=1S/C25H31N3O2/c1-3-21(4-2)25(30)28-18-16-27(17-19-28)23-13-11-22(12-14-23)26-24(29)15-10-20-8-6-5-7-9-20/h5-15,21H,3-4,16-19H2,1-2H3,(H,26,29)/b15-10+. The van der Waals surface area contributed by atoms with E-state index in [1.807, 2.05) is 59.5 Å². The van der Waals surface area contributed by atoms with Gasteiger partial charge in [0.2, 0.25) is 11.8 Å². The fourth-order valence-electron chi connectivity index (χ4n) is 3.76. The highest BCUT2D eigenvalue weighted by Gasteiger charge is 2.25. The first-order chi connectivity index (χ1) is 14.6. The molecule has 0 radical (unpaired) electrons. The SMILES string of the molecule is CCC(CC)C(=O)N1CCN(c2ccc(NC(=O)/C=C/c3ccccc3)cc2)CC1. The van der Waals surface area contributed by atoms with Crippen LogP contribution in [0.15, 0.2) is 60.7 Å². The maximum atomic E-state index is 12.6. The van der Waals surface area contributed by atoms with Crippen molar-refractivity contribution in [2.45, 2.75) is 26.7 Å². The average molecular weight is 406 g/mol. The van der Waals surface area contributed by atoms with Crippen LogP contribution in [0.3, 0.4) is 0 Å². The van der Waals surface area contributed by atoms with Crippen molar-refractivity contribution < 1.29 is 9.59 Å². The number of benzene rings is 2. The molecule has 2 aromatic carbocycles. The second-order valence-corrected chi connectivity index (χ2v) is 7.61. The van der Waals surface area contributed by atoms with Crippen LogP contribution in [-0.4, -0.2) is 42.9 Å². The van der Waals surface area contributed by atoms with Crippen molar-refractivity contribution in [1.82, 2.24) is 4.90 Å². The molecule has 0 saturated carbocycles. The number of nitrogens with one attached hydrogen (secondary N) is 1. The van der Waals surface area contributed by atoms with Crippen molar-refractivity contribution in [3.05, 3.63) is 66.2 Å². The van der Waals surface area contributed by atoms with Crippen LogP contribution in [0.4, 0.5) is 11.4 Å². The average Bonchev–Trinajstić information content (AvgIpc) is 2.80. The number of nitrogens with zero attached hydrogens (tertiary/aromatic N) is 2. The summed E-state index contributed by atoms with van der Waals surface area (Å²) in [6.07, 6.45) is 5.15. The van der Waals surface area contributed by atoms with Crippen molar-refractivity contribution in [1.29, 1.82) is 0 Å². The van der Waals surface area contributed by atoms with Gasteiger partial charge in [-0.15, -0.1) is 0 Å². The van der Waals surface area contributed by atoms with E-state index in [-0.39, 0.29) is 11.8 Å². The van der Waals surface area contributed by atoms with Crippen LogP contribution in [0.2, 0.25) is 0 Å². The van der Waals surface area contributed by atoms with Crippen LogP contribution in [0.5, 0.6) is 0 Å². The van der Waals surface area contributed by atoms with Crippen LogP contribution in [-0.2, 0) is 9.59 Å². The molecule has 1 aliphatic heterocycles. The Morgan fingerprint density at radius 1 is 0.933 bits per heavy atom. The zero-order valence-electron chi connectivity index (χ0n) is 17.9. The third-order valence-corrected chi connectivity index (χ3v) is 5.65. The van der Waals surface area contributed by atoms with Gasteiger partial charge in [0, 0.05) is 49.5 Å². The normalized spacial score (nSPS) is 14.4. The maximum absolute atomic E-state index is 12.6. The zero-order valence-corrected chi connectivity index (χ0v) is 17.9. The lowest BCUT2D eigenvalue weighted by Gasteiger charge is -2.37. The van der Waals surface area contributed by atoms with Gasteiger partial charge in [0.15, 0.2) is 0 Å². The van der Waals surface area contributed by atoms with Crippen LogP contribution >= 0.6 is 0 Å². The van der Waals surface area contributed by atoms with Gasteiger partial charge in [-0.1, -0.05) is 44.2 Å². The molecule has 1 heterocycles. The molecule has 1 aliphatic rings. The molecule has 0 bridgehead atoms. The molecular weight excluding hydrogens is 374 g/mol. The number of carbonyl (C=O) groups excluding carboxylic acids is 2. The lowest BCUT2D eigenvalue weighted by molar-refractivity contribution is -0.136. The minimum Gasteiger partial charge on any atom is -0.368 e. The second-order valence-electron chi connectivity index (χ2n) is 7.61. The molecule has 0 unspecified atom stereocenters. The van der Waals surface area contributed by atoms with Gasteiger partial charge >= 0.3 is 0 Å². The minimum atomic E-state index is -0.153. The molecule has 158 valence electrons. The summed E-state index contributed by atoms with van der Waals surface area (Å²) in [4.78, 5) is 29.0. The molecule has 5 heteroatoms. The number of anilines is 2. The van der Waals surface area contributed by atoms with Gasteiger partial charge in [0.1, 0.15) is 0 Å². The number of hydrogen-bond acceptors (Lipinski definition) is 3. The van der Waals surface area contributed by atoms with Gasteiger partial charge in [0.05, 0.1) is 0 Å². The summed E-state index contributed by atoms with van der Waals surface area (Å²) < 4.78 is 0. The number of amides is 2. The quantitative estimate of drug-likeness (QED) is 0.694. The highest BCUT2D eigenvalue weighted by Crippen LogP contribution is 2.21. The molecule has 30 heavy (non-hydrogen) atoms. The number of piperazine rings is 1. The van der Waals surface area contributed by atoms with Crippen LogP contribution in [0.25, 0.3) is 6.08 Å². The molecule has 2 aromatic rings. The Morgan fingerprint density at radius 3 is 2.17 bits per heavy atom. The summed E-state index contributed by atoms with van der Waals surface area (Å²) in [5.74, 6) is 0.289. The largest absolute Gasteiger partial charge is 0.368 e. The monoisotopic (exact) mass is 405 g/mol. The first-order valence-electron chi connectivity index (χ1n) is 10.8. The Balaban J connectivity index is 1.51. The molecule has 0 aromatic heterocycles. The summed E-state index contributed by atoms with van der Waals surface area (Å²) in [5.41, 5.74) is 2.87. The van der Waals surface area contributed by atoms with E-state index in [2.05, 4.69) is 24.1 Å². The van der Waals surface area contributed by atoms with E-state index >= 15 is 0 Å². The Bertz CT molecular complexity index is 850. The number of hydrogen-bond donors (Lipinski definition) is 1. The fraction of sp³-hybridized carbons (Fsp3) is 0.360. The molecule has 3 rings (SSSR count). The Kier molecular flexibility index (Phi) is 7.66. The van der Waals surface area contributed by atoms with Crippen LogP contribution in [0, 0.1) is 5.92 Å². The van der Waals surface area contributed by atoms with Gasteiger partial charge in [-0.3, -0.25) is 9.59 Å². The van der Waals surface area contributed by atoms with Gasteiger partial charge in [-0.25, -0.2) is 0 Å². The molecule has 0 aliphatic carbocycles. The maximum Gasteiger partial charge on any atom is 0.248 e. The first-order valence-corrected chi connectivity index (χ1v) is 10.8. The van der Waals surface area contributed by atoms with E-state index < -0.39 is 0 Å². The first kappa shape index (κ1) is 21.6. The van der Waals surface area contributed by atoms with E-state index in [0.717, 1.165) is 56.0 Å². The molecule has 0 spiro atoms. The van der Waals surface area contributed by atoms with E-state index in [4.69, 9.17) is 0 Å². The molecule has 1 fully saturated rings. The lowest BCUT2D eigenvalue weighted by Crippen LogP contribution is -2.50. The lowest BCUT2D eigenvalue weighted by atomic mass is 10.0. The zero-order chi connectivity index (χ0) is 21.3. The summed E-state index contributed by atoms with van der Waals surface area (Å²) in [6, 6.07) is 17.6. The van der Waals surface area contributed by atoms with Crippen molar-refractivity contribution in [2.75, 3.05) is 36.4 Å². The summed E-state index contributed by atoms with van der Waals surface area (Å²) in [6.45, 7) is 7.35. The smallest absolute Gasteiger partial charge is 0.248 e. The molecule has 1 N–H and O–H groups in total. The van der Waals surface area contributed by atoms with E-state index in [9.17, 15) is 9.59 Å². The Labute approximate surface area is 179 Å². The topological polar surface area (TPSA) is 52.7 Å². The van der Waals surface area contributed by atoms with Crippen LogP contribution < -0.4 is 10.2 Å². The second kappa shape index (κ2) is 10.6. The summed E-state index contributed by atoms with van der Waals surface area (Å²) in [5, 5.41) is 2.89. The van der Waals surface area contributed by atoms with Crippen molar-refractivity contribution in [2.24, 2.45) is 5.92 Å². The van der Waals surface area contributed by atoms with Crippen LogP contribution in [0.1, 0.15) is 32.3 Å².